The Morgan fingerprint density at radius 1 is 1.11 bits per heavy atom. The van der Waals surface area contributed by atoms with Crippen LogP contribution in [0.25, 0.3) is 10.2 Å². The van der Waals surface area contributed by atoms with E-state index in [1.54, 1.807) is 25.3 Å². The number of carbonyl (C=O) groups excluding carboxylic acids is 1. The molecule has 0 aliphatic heterocycles. The maximum atomic E-state index is 13.5. The van der Waals surface area contributed by atoms with Gasteiger partial charge in [-0.2, -0.15) is 10.1 Å². The van der Waals surface area contributed by atoms with Crippen LogP contribution in [-0.2, 0) is 10.0 Å². The number of anilines is 1. The molecule has 0 saturated heterocycles. The van der Waals surface area contributed by atoms with Crippen LogP contribution < -0.4 is 9.75 Å². The number of hydrazone groups is 1. The van der Waals surface area contributed by atoms with E-state index in [4.69, 9.17) is 4.74 Å². The third-order valence-corrected chi connectivity index (χ3v) is 8.73. The third kappa shape index (κ3) is 5.11. The summed E-state index contributed by atoms with van der Waals surface area (Å²) in [5.74, 6) is 0.0693. The van der Waals surface area contributed by atoms with E-state index < -0.39 is 20.9 Å². The molecule has 0 fully saturated rings. The van der Waals surface area contributed by atoms with Gasteiger partial charge in [-0.1, -0.05) is 22.7 Å². The number of fused-ring (bicyclic) bond motifs is 1. The lowest BCUT2D eigenvalue weighted by atomic mass is 10.2. The molecule has 11 nitrogen and oxygen atoms in total. The van der Waals surface area contributed by atoms with Crippen LogP contribution in [0.2, 0.25) is 0 Å². The SMILES string of the molecule is COc1ccc2nc(N(/N=C/c3ccc([N+](=O)[O-])s3)C(=O)c3ccc(S(=O)(=O)N(C)C)cc3)sc2c1. The zero-order valence-corrected chi connectivity index (χ0v) is 21.6. The highest BCUT2D eigenvalue weighted by Crippen LogP contribution is 2.33. The Morgan fingerprint density at radius 3 is 2.44 bits per heavy atom. The van der Waals surface area contributed by atoms with E-state index in [2.05, 4.69) is 10.1 Å². The molecule has 0 saturated carbocycles. The van der Waals surface area contributed by atoms with E-state index in [0.29, 0.717) is 16.1 Å². The molecule has 0 bridgehead atoms. The van der Waals surface area contributed by atoms with Gasteiger partial charge in [0.15, 0.2) is 0 Å². The highest BCUT2D eigenvalue weighted by Gasteiger charge is 2.23. The minimum absolute atomic E-state index is 0.0390. The summed E-state index contributed by atoms with van der Waals surface area (Å²) in [6, 6.07) is 13.6. The van der Waals surface area contributed by atoms with Crippen LogP contribution in [0.3, 0.4) is 0 Å². The Kier molecular flexibility index (Phi) is 7.12. The lowest BCUT2D eigenvalue weighted by Crippen LogP contribution is -2.26. The van der Waals surface area contributed by atoms with Crippen molar-refractivity contribution in [2.45, 2.75) is 4.90 Å². The number of hydrogen-bond donors (Lipinski definition) is 0. The van der Waals surface area contributed by atoms with E-state index in [0.717, 1.165) is 25.4 Å². The molecule has 0 atom stereocenters. The van der Waals surface area contributed by atoms with Crippen LogP contribution in [0, 0.1) is 10.1 Å². The van der Waals surface area contributed by atoms with E-state index in [9.17, 15) is 23.3 Å². The summed E-state index contributed by atoms with van der Waals surface area (Å²) < 4.78 is 31.8. The molecule has 186 valence electrons. The van der Waals surface area contributed by atoms with Gasteiger partial charge in [-0.15, -0.1) is 0 Å². The van der Waals surface area contributed by atoms with E-state index in [-0.39, 0.29) is 20.6 Å². The second-order valence-electron chi connectivity index (χ2n) is 7.44. The van der Waals surface area contributed by atoms with E-state index >= 15 is 0 Å². The number of nitro groups is 1. The molecule has 0 N–H and O–H groups in total. The molecule has 0 unspecified atom stereocenters. The van der Waals surface area contributed by atoms with Gasteiger partial charge in [-0.05, 0) is 48.5 Å². The topological polar surface area (TPSA) is 135 Å². The van der Waals surface area contributed by atoms with Gasteiger partial charge in [0, 0.05) is 25.7 Å². The predicted molar refractivity (Wildman–Crippen MR) is 139 cm³/mol. The summed E-state index contributed by atoms with van der Waals surface area (Å²) in [4.78, 5) is 29.0. The minimum Gasteiger partial charge on any atom is -0.497 e. The molecule has 4 rings (SSSR count). The fourth-order valence-corrected chi connectivity index (χ4v) is 5.57. The number of amides is 1. The molecule has 2 aromatic carbocycles. The number of sulfonamides is 1. The molecule has 36 heavy (non-hydrogen) atoms. The Labute approximate surface area is 214 Å². The molecule has 14 heteroatoms. The van der Waals surface area contributed by atoms with Gasteiger partial charge in [0.2, 0.25) is 15.2 Å². The fraction of sp³-hybridized carbons (Fsp3) is 0.136. The third-order valence-electron chi connectivity index (χ3n) is 4.93. The Balaban J connectivity index is 1.73. The summed E-state index contributed by atoms with van der Waals surface area (Å²) >= 11 is 2.12. The average molecular weight is 546 g/mol. The van der Waals surface area contributed by atoms with Gasteiger partial charge < -0.3 is 4.74 Å². The first-order valence-corrected chi connectivity index (χ1v) is 13.3. The number of nitrogens with zero attached hydrogens (tertiary/aromatic N) is 5. The summed E-state index contributed by atoms with van der Waals surface area (Å²) in [5.41, 5.74) is 0.807. The zero-order valence-electron chi connectivity index (χ0n) is 19.2. The van der Waals surface area contributed by atoms with Crippen molar-refractivity contribution in [3.63, 3.8) is 0 Å². The van der Waals surface area contributed by atoms with Gasteiger partial charge in [0.1, 0.15) is 5.75 Å². The number of ether oxygens (including phenoxy) is 1. The second-order valence-corrected chi connectivity index (χ2v) is 11.7. The van der Waals surface area contributed by atoms with Gasteiger partial charge in [0.05, 0.1) is 38.2 Å². The molecule has 0 aliphatic rings. The quantitative estimate of drug-likeness (QED) is 0.184. The Bertz CT molecular complexity index is 1580. The van der Waals surface area contributed by atoms with Gasteiger partial charge in [-0.25, -0.2) is 17.7 Å². The van der Waals surface area contributed by atoms with Crippen LogP contribution >= 0.6 is 22.7 Å². The fourth-order valence-electron chi connectivity index (χ4n) is 3.03. The van der Waals surface area contributed by atoms with E-state index in [1.807, 2.05) is 0 Å². The number of benzene rings is 2. The predicted octanol–water partition coefficient (Wildman–Crippen LogP) is 4.21. The average Bonchev–Trinajstić information content (AvgIpc) is 3.51. The maximum absolute atomic E-state index is 13.5. The normalized spacial score (nSPS) is 11.9. The van der Waals surface area contributed by atoms with Crippen molar-refractivity contribution in [2.24, 2.45) is 5.10 Å². The van der Waals surface area contributed by atoms with Crippen LogP contribution in [0.15, 0.2) is 64.6 Å². The van der Waals surface area contributed by atoms with Gasteiger partial charge in [-0.3, -0.25) is 14.9 Å². The maximum Gasteiger partial charge on any atom is 0.324 e. The number of aromatic nitrogens is 1. The largest absolute Gasteiger partial charge is 0.497 e. The molecular weight excluding hydrogens is 526 g/mol. The van der Waals surface area contributed by atoms with Crippen molar-refractivity contribution >= 4 is 65.2 Å². The number of hydrogen-bond acceptors (Lipinski definition) is 10. The van der Waals surface area contributed by atoms with Crippen molar-refractivity contribution in [3.8, 4) is 5.75 Å². The molecule has 0 aliphatic carbocycles. The van der Waals surface area contributed by atoms with Crippen molar-refractivity contribution < 1.29 is 22.9 Å². The lowest BCUT2D eigenvalue weighted by Gasteiger charge is -2.15. The molecule has 2 heterocycles. The van der Waals surface area contributed by atoms with Crippen molar-refractivity contribution in [3.05, 3.63) is 75.2 Å². The molecule has 1 amide bonds. The summed E-state index contributed by atoms with van der Waals surface area (Å²) in [5, 5.41) is 16.6. The highest BCUT2D eigenvalue weighted by atomic mass is 32.2. The first-order valence-electron chi connectivity index (χ1n) is 10.2. The first-order chi connectivity index (χ1) is 17.1. The smallest absolute Gasteiger partial charge is 0.324 e. The zero-order chi connectivity index (χ0) is 26.0. The monoisotopic (exact) mass is 545 g/mol. The van der Waals surface area contributed by atoms with Crippen molar-refractivity contribution in [2.75, 3.05) is 26.2 Å². The number of carbonyl (C=O) groups is 1. The molecular formula is C22H19N5O6S3. The van der Waals surface area contributed by atoms with Crippen LogP contribution in [0.4, 0.5) is 10.1 Å². The number of rotatable bonds is 8. The van der Waals surface area contributed by atoms with Gasteiger partial charge >= 0.3 is 5.00 Å². The summed E-state index contributed by atoms with van der Waals surface area (Å²) in [6.45, 7) is 0. The van der Waals surface area contributed by atoms with Crippen LogP contribution in [0.5, 0.6) is 5.75 Å². The highest BCUT2D eigenvalue weighted by molar-refractivity contribution is 7.89. The number of methoxy groups -OCH3 is 1. The molecule has 2 aromatic heterocycles. The summed E-state index contributed by atoms with van der Waals surface area (Å²) in [6.07, 6.45) is 1.34. The first kappa shape index (κ1) is 25.4. The molecule has 4 aromatic rings. The summed E-state index contributed by atoms with van der Waals surface area (Å²) in [7, 11) is 0.719. The molecule has 0 radical (unpaired) electrons. The van der Waals surface area contributed by atoms with Crippen molar-refractivity contribution in [1.82, 2.24) is 9.29 Å². The minimum atomic E-state index is -3.66. The van der Waals surface area contributed by atoms with E-state index in [1.165, 1.54) is 68.0 Å². The number of thiophene rings is 1. The Hall–Kier alpha value is -3.72. The molecule has 0 spiro atoms. The van der Waals surface area contributed by atoms with Crippen LogP contribution in [-0.4, -0.2) is 56.0 Å². The van der Waals surface area contributed by atoms with Crippen molar-refractivity contribution in [1.29, 1.82) is 0 Å². The van der Waals surface area contributed by atoms with Gasteiger partial charge in [0.25, 0.3) is 5.91 Å². The lowest BCUT2D eigenvalue weighted by molar-refractivity contribution is -0.380. The standard InChI is InChI=1S/C22H19N5O6S3/c1-25(2)36(31,32)17-8-4-14(5-9-17)21(28)26(23-13-16-7-11-20(34-16)27(29)30)22-24-18-10-6-15(33-3)12-19(18)35-22/h4-13H,1-3H3/b23-13+. The second kappa shape index (κ2) is 10.1. The van der Waals surface area contributed by atoms with Crippen LogP contribution in [0.1, 0.15) is 15.2 Å². The number of thiazole rings is 1. The Morgan fingerprint density at radius 2 is 1.83 bits per heavy atom.